The summed E-state index contributed by atoms with van der Waals surface area (Å²) in [5.74, 6) is 1.03. The van der Waals surface area contributed by atoms with Crippen molar-refractivity contribution in [3.63, 3.8) is 0 Å². The number of benzene rings is 3. The van der Waals surface area contributed by atoms with Gasteiger partial charge in [0.15, 0.2) is 11.5 Å². The van der Waals surface area contributed by atoms with Gasteiger partial charge in [0.05, 0.1) is 24.7 Å². The minimum atomic E-state index is -0.280. The summed E-state index contributed by atoms with van der Waals surface area (Å²) in [7, 11) is 0. The van der Waals surface area contributed by atoms with Crippen molar-refractivity contribution in [3.8, 4) is 11.5 Å². The quantitative estimate of drug-likeness (QED) is 0.381. The predicted molar refractivity (Wildman–Crippen MR) is 129 cm³/mol. The molecule has 5 nitrogen and oxygen atoms in total. The molecule has 6 heteroatoms. The molecule has 0 saturated carbocycles. The van der Waals surface area contributed by atoms with E-state index in [1.807, 2.05) is 74.5 Å². The lowest BCUT2D eigenvalue weighted by Crippen LogP contribution is -2.27. The van der Waals surface area contributed by atoms with Crippen LogP contribution >= 0.6 is 11.8 Å². The maximum Gasteiger partial charge on any atom is 0.293 e. The Hall–Kier alpha value is -3.25. The Morgan fingerprint density at radius 3 is 2.50 bits per heavy atom. The highest BCUT2D eigenvalue weighted by Crippen LogP contribution is 2.35. The van der Waals surface area contributed by atoms with Crippen LogP contribution in [0.1, 0.15) is 31.4 Å². The molecule has 164 valence electrons. The molecule has 32 heavy (non-hydrogen) atoms. The lowest BCUT2D eigenvalue weighted by molar-refractivity contribution is -0.123. The zero-order valence-electron chi connectivity index (χ0n) is 18.2. The third-order valence-corrected chi connectivity index (χ3v) is 5.96. The van der Waals surface area contributed by atoms with Crippen molar-refractivity contribution in [2.24, 2.45) is 0 Å². The summed E-state index contributed by atoms with van der Waals surface area (Å²) in [5, 5.41) is 1.95. The fraction of sp³-hybridized carbons (Fsp3) is 0.231. The van der Waals surface area contributed by atoms with Crippen LogP contribution < -0.4 is 9.47 Å². The Balaban J connectivity index is 1.54. The summed E-state index contributed by atoms with van der Waals surface area (Å²) < 4.78 is 11.4. The van der Waals surface area contributed by atoms with Gasteiger partial charge in [-0.2, -0.15) is 0 Å². The largest absolute Gasteiger partial charge is 0.490 e. The van der Waals surface area contributed by atoms with Gasteiger partial charge in [-0.15, -0.1) is 0 Å². The van der Waals surface area contributed by atoms with E-state index in [1.165, 1.54) is 4.90 Å². The predicted octanol–water partition coefficient (Wildman–Crippen LogP) is 6.26. The van der Waals surface area contributed by atoms with Crippen LogP contribution in [0.25, 0.3) is 16.8 Å². The number of amides is 2. The third-order valence-electron chi connectivity index (χ3n) is 5.06. The first-order valence-corrected chi connectivity index (χ1v) is 11.5. The fourth-order valence-electron chi connectivity index (χ4n) is 3.52. The van der Waals surface area contributed by atoms with Crippen LogP contribution in [0, 0.1) is 0 Å². The van der Waals surface area contributed by atoms with Crippen molar-refractivity contribution in [1.82, 2.24) is 4.90 Å². The second kappa shape index (κ2) is 9.92. The molecule has 0 N–H and O–H groups in total. The molecule has 2 amide bonds. The Morgan fingerprint density at radius 2 is 1.72 bits per heavy atom. The van der Waals surface area contributed by atoms with Crippen molar-refractivity contribution in [1.29, 1.82) is 0 Å². The first-order chi connectivity index (χ1) is 15.6. The molecule has 0 aliphatic carbocycles. The van der Waals surface area contributed by atoms with Crippen molar-refractivity contribution < 1.29 is 19.1 Å². The number of thioether (sulfide) groups is 1. The SMILES string of the molecule is CCCOc1ccc(/C=C2\SC(=O)N(Cc3ccc4ccccc4c3)C2=O)cc1OCC. The number of rotatable bonds is 8. The van der Waals surface area contributed by atoms with Gasteiger partial charge in [-0.1, -0.05) is 49.4 Å². The molecule has 0 radical (unpaired) electrons. The highest BCUT2D eigenvalue weighted by atomic mass is 32.2. The van der Waals surface area contributed by atoms with E-state index >= 15 is 0 Å². The number of fused-ring (bicyclic) bond motifs is 1. The summed E-state index contributed by atoms with van der Waals surface area (Å²) in [5.41, 5.74) is 1.71. The number of hydrogen-bond donors (Lipinski definition) is 0. The smallest absolute Gasteiger partial charge is 0.293 e. The van der Waals surface area contributed by atoms with Crippen molar-refractivity contribution >= 4 is 39.8 Å². The number of carbonyl (C=O) groups is 2. The zero-order chi connectivity index (χ0) is 22.5. The number of nitrogens with zero attached hydrogens (tertiary/aromatic N) is 1. The third kappa shape index (κ3) is 4.81. The molecule has 0 aromatic heterocycles. The first-order valence-electron chi connectivity index (χ1n) is 10.7. The van der Waals surface area contributed by atoms with Crippen LogP contribution in [-0.4, -0.2) is 29.3 Å². The Bertz CT molecular complexity index is 1190. The fourth-order valence-corrected chi connectivity index (χ4v) is 4.36. The summed E-state index contributed by atoms with van der Waals surface area (Å²) >= 11 is 0.963. The molecule has 1 fully saturated rings. The lowest BCUT2D eigenvalue weighted by Gasteiger charge is -2.13. The van der Waals surface area contributed by atoms with E-state index in [2.05, 4.69) is 0 Å². The molecule has 1 aliphatic heterocycles. The number of hydrogen-bond acceptors (Lipinski definition) is 5. The van der Waals surface area contributed by atoms with Crippen molar-refractivity contribution in [2.45, 2.75) is 26.8 Å². The van der Waals surface area contributed by atoms with Gasteiger partial charge >= 0.3 is 0 Å². The molecule has 0 unspecified atom stereocenters. The maximum absolute atomic E-state index is 13.0. The second-order valence-corrected chi connectivity index (χ2v) is 8.43. The minimum Gasteiger partial charge on any atom is -0.490 e. The zero-order valence-corrected chi connectivity index (χ0v) is 19.0. The van der Waals surface area contributed by atoms with Gasteiger partial charge in [-0.05, 0) is 71.3 Å². The van der Waals surface area contributed by atoms with Crippen molar-refractivity contribution in [3.05, 3.63) is 76.7 Å². The van der Waals surface area contributed by atoms with Crippen LogP contribution in [0.15, 0.2) is 65.6 Å². The highest BCUT2D eigenvalue weighted by molar-refractivity contribution is 8.18. The average molecular weight is 448 g/mol. The second-order valence-electron chi connectivity index (χ2n) is 7.44. The van der Waals surface area contributed by atoms with Gasteiger partial charge < -0.3 is 9.47 Å². The molecule has 1 aliphatic rings. The number of carbonyl (C=O) groups excluding carboxylic acids is 2. The van der Waals surface area contributed by atoms with Crippen LogP contribution in [0.5, 0.6) is 11.5 Å². The molecule has 0 bridgehead atoms. The molecular formula is C26H25NO4S. The highest BCUT2D eigenvalue weighted by Gasteiger charge is 2.35. The standard InChI is InChI=1S/C26H25NO4S/c1-3-13-31-22-12-10-18(15-23(22)30-4-2)16-24-25(28)27(26(29)32-24)17-19-9-11-20-7-5-6-8-21(20)14-19/h5-12,14-16H,3-4,13,17H2,1-2H3/b24-16-. The molecule has 0 atom stereocenters. The van der Waals surface area contributed by atoms with Crippen LogP contribution in [0.2, 0.25) is 0 Å². The van der Waals surface area contributed by atoms with E-state index in [9.17, 15) is 9.59 Å². The van der Waals surface area contributed by atoms with Gasteiger partial charge in [-0.3, -0.25) is 14.5 Å². The van der Waals surface area contributed by atoms with E-state index in [-0.39, 0.29) is 17.7 Å². The molecule has 0 spiro atoms. The van der Waals surface area contributed by atoms with Crippen molar-refractivity contribution in [2.75, 3.05) is 13.2 Å². The maximum atomic E-state index is 13.0. The Kier molecular flexibility index (Phi) is 6.81. The van der Waals surface area contributed by atoms with Crippen LogP contribution in [0.4, 0.5) is 4.79 Å². The summed E-state index contributed by atoms with van der Waals surface area (Å²) in [6, 6.07) is 19.6. The molecule has 1 saturated heterocycles. The van der Waals surface area contributed by atoms with E-state index in [0.717, 1.165) is 40.1 Å². The molecular weight excluding hydrogens is 422 g/mol. The lowest BCUT2D eigenvalue weighted by atomic mass is 10.1. The van der Waals surface area contributed by atoms with E-state index < -0.39 is 0 Å². The van der Waals surface area contributed by atoms with Crippen LogP contribution in [-0.2, 0) is 11.3 Å². The summed E-state index contributed by atoms with van der Waals surface area (Å²) in [4.78, 5) is 27.2. The molecule has 3 aromatic carbocycles. The van der Waals surface area contributed by atoms with Crippen LogP contribution in [0.3, 0.4) is 0 Å². The Morgan fingerprint density at radius 1 is 0.906 bits per heavy atom. The topological polar surface area (TPSA) is 55.8 Å². The molecule has 4 rings (SSSR count). The monoisotopic (exact) mass is 447 g/mol. The first kappa shape index (κ1) is 22.0. The van der Waals surface area contributed by atoms with Gasteiger partial charge in [-0.25, -0.2) is 0 Å². The number of ether oxygens (including phenoxy) is 2. The van der Waals surface area contributed by atoms with E-state index in [4.69, 9.17) is 9.47 Å². The minimum absolute atomic E-state index is 0.251. The average Bonchev–Trinajstić information content (AvgIpc) is 3.06. The summed E-state index contributed by atoms with van der Waals surface area (Å²) in [6.07, 6.45) is 2.63. The molecule has 1 heterocycles. The molecule has 3 aromatic rings. The van der Waals surface area contributed by atoms with Gasteiger partial charge in [0, 0.05) is 0 Å². The van der Waals surface area contributed by atoms with Gasteiger partial charge in [0.1, 0.15) is 0 Å². The van der Waals surface area contributed by atoms with E-state index in [0.29, 0.717) is 29.6 Å². The normalized spacial score (nSPS) is 15.1. The number of imide groups is 1. The Labute approximate surface area is 192 Å². The van der Waals surface area contributed by atoms with Gasteiger partial charge in [0.25, 0.3) is 11.1 Å². The van der Waals surface area contributed by atoms with E-state index in [1.54, 1.807) is 6.08 Å². The van der Waals surface area contributed by atoms with Gasteiger partial charge in [0.2, 0.25) is 0 Å². The summed E-state index contributed by atoms with van der Waals surface area (Å²) in [6.45, 7) is 5.32.